The lowest BCUT2D eigenvalue weighted by Gasteiger charge is -2.25. The number of hydrogen-bond acceptors (Lipinski definition) is 22. The van der Waals surface area contributed by atoms with E-state index in [2.05, 4.69) is 74.4 Å². The number of aliphatic carboxylic acids is 2. The molecular formula is C58H72N18O22S2. The molecule has 1 unspecified atom stereocenters. The van der Waals surface area contributed by atoms with Crippen molar-refractivity contribution < 1.29 is 96.8 Å². The molecule has 0 saturated heterocycles. The number of anilines is 2. The number of nitro groups is 2. The predicted octanol–water partition coefficient (Wildman–Crippen LogP) is -3.00. The summed E-state index contributed by atoms with van der Waals surface area (Å²) >= 11 is 1.90. The number of primary amides is 2. The minimum Gasteiger partial charge on any atom is -0.480 e. The molecule has 0 bridgehead atoms. The van der Waals surface area contributed by atoms with Crippen molar-refractivity contribution in [3.8, 4) is 0 Å². The highest BCUT2D eigenvalue weighted by molar-refractivity contribution is 7.99. The molecule has 5 rings (SSSR count). The van der Waals surface area contributed by atoms with Crippen LogP contribution in [0.4, 0.5) is 32.3 Å². The van der Waals surface area contributed by atoms with Crippen LogP contribution < -0.4 is 85.9 Å². The van der Waals surface area contributed by atoms with Gasteiger partial charge in [-0.2, -0.15) is 0 Å². The van der Waals surface area contributed by atoms with Crippen LogP contribution in [0.2, 0.25) is 0 Å². The number of urea groups is 2. The fraction of sp³-hybridized carbons (Fsp3) is 0.414. The smallest absolute Gasteiger partial charge is 0.322 e. The fourth-order valence-electron chi connectivity index (χ4n) is 9.34. The molecule has 538 valence electrons. The van der Waals surface area contributed by atoms with Gasteiger partial charge in [-0.25, -0.2) is 9.59 Å². The van der Waals surface area contributed by atoms with Crippen LogP contribution in [-0.2, 0) is 57.5 Å². The zero-order chi connectivity index (χ0) is 73.6. The Hall–Kier alpha value is -11.7. The molecule has 0 aromatic heterocycles. The highest BCUT2D eigenvalue weighted by Crippen LogP contribution is 2.30. The Morgan fingerprint density at radius 1 is 0.530 bits per heavy atom. The van der Waals surface area contributed by atoms with E-state index < -0.39 is 191 Å². The summed E-state index contributed by atoms with van der Waals surface area (Å²) in [6, 6.07) is 2.13. The summed E-state index contributed by atoms with van der Waals surface area (Å²) in [5.74, 6) is -14.6. The number of carbonyl (C=O) groups excluding carboxylic acids is 14. The van der Waals surface area contributed by atoms with E-state index in [1.54, 1.807) is 0 Å². The second-order valence-electron chi connectivity index (χ2n) is 21.9. The Kier molecular flexibility index (Phi) is 31.2. The number of non-ortho nitro benzene ring substituents is 2. The summed E-state index contributed by atoms with van der Waals surface area (Å²) in [4.78, 5) is 228. The molecule has 16 amide bonds. The maximum Gasteiger partial charge on any atom is 0.322 e. The number of carbonyl (C=O) groups is 16. The van der Waals surface area contributed by atoms with Crippen LogP contribution in [-0.4, -0.2) is 202 Å². The first-order valence-corrected chi connectivity index (χ1v) is 32.4. The van der Waals surface area contributed by atoms with Crippen molar-refractivity contribution >= 4 is 141 Å². The van der Waals surface area contributed by atoms with E-state index in [4.69, 9.17) is 11.5 Å². The number of carboxylic acid groups (broad SMARTS) is 2. The maximum atomic E-state index is 14.0. The highest BCUT2D eigenvalue weighted by Gasteiger charge is 2.34. The van der Waals surface area contributed by atoms with Gasteiger partial charge in [0.05, 0.1) is 46.9 Å². The molecule has 42 heteroatoms. The van der Waals surface area contributed by atoms with Crippen molar-refractivity contribution in [2.24, 2.45) is 11.5 Å². The van der Waals surface area contributed by atoms with Gasteiger partial charge in [-0.3, -0.25) is 87.4 Å². The molecule has 6 atom stereocenters. The summed E-state index contributed by atoms with van der Waals surface area (Å²) in [6.07, 6.45) is -1.48. The van der Waals surface area contributed by atoms with E-state index in [1.807, 2.05) is 0 Å². The van der Waals surface area contributed by atoms with Crippen LogP contribution in [0.5, 0.6) is 0 Å². The van der Waals surface area contributed by atoms with Crippen LogP contribution in [0.3, 0.4) is 0 Å². The fourth-order valence-corrected chi connectivity index (χ4v) is 11.4. The third kappa shape index (κ3) is 27.1. The standard InChI is InChI=1S/C58H72N18O22S2/c59-43(77)23-39-53(89)64-26-45(79)69-37(15-19-100-42-14-12-32(76(97)98)22-34(42)50(86)74-39)54(90)71-35(51(87)65-27-47(81)82)5-1-3-17-61-57(93)67-29-7-9-30(10-8-29)68-58(94)62-18-4-2-6-36(52(88)66-28-48(83)84)72-55(91)38-16-20-99-41-13-11-31(75(95)96)21-33(41)49(85)63-25-46(80)70-40(24-44(60)78)56(92)73-38/h7-14,21-22,35-40H,1-6,15-20,23-28H2,(H2,59,77)(H2,60,78)(H,63,85)(H,64,89)(H,65,87)(H,66,88)(H,69,79)(H,70,80)(H,71,90)(H,72,91)(H,73,92)(H,74,86)(H,81,82)(H,83,84)(H2,61,67,93)(H2,62,68,94)/t35-,36-,37?,38-,39-,40-/m0/s1. The van der Waals surface area contributed by atoms with Gasteiger partial charge < -0.3 is 96.1 Å². The van der Waals surface area contributed by atoms with E-state index >= 15 is 0 Å². The Bertz CT molecular complexity index is 3640. The molecule has 3 aromatic carbocycles. The van der Waals surface area contributed by atoms with Gasteiger partial charge in [-0.15, -0.1) is 23.5 Å². The zero-order valence-electron chi connectivity index (χ0n) is 52.9. The lowest BCUT2D eigenvalue weighted by molar-refractivity contribution is -0.385. The number of thioether (sulfide) groups is 2. The number of fused-ring (bicyclic) bond motifs is 2. The van der Waals surface area contributed by atoms with E-state index in [9.17, 15) is 107 Å². The quantitative estimate of drug-likeness (QED) is 0.0196. The summed E-state index contributed by atoms with van der Waals surface area (Å²) < 4.78 is 0. The van der Waals surface area contributed by atoms with Gasteiger partial charge in [-0.05, 0) is 87.8 Å². The lowest BCUT2D eigenvalue weighted by Crippen LogP contribution is -2.58. The van der Waals surface area contributed by atoms with Gasteiger partial charge in [0.2, 0.25) is 59.1 Å². The first-order valence-electron chi connectivity index (χ1n) is 30.4. The number of nitrogens with zero attached hydrogens (tertiary/aromatic N) is 2. The van der Waals surface area contributed by atoms with Gasteiger partial charge in [-0.1, -0.05) is 0 Å². The molecule has 0 fully saturated rings. The largest absolute Gasteiger partial charge is 0.480 e. The molecule has 40 nitrogen and oxygen atoms in total. The number of benzene rings is 3. The predicted molar refractivity (Wildman–Crippen MR) is 350 cm³/mol. The van der Waals surface area contributed by atoms with Crippen LogP contribution >= 0.6 is 23.5 Å². The molecule has 2 aliphatic heterocycles. The van der Waals surface area contributed by atoms with E-state index in [-0.39, 0.29) is 108 Å². The van der Waals surface area contributed by atoms with Crippen molar-refractivity contribution in [2.75, 3.05) is 61.4 Å². The van der Waals surface area contributed by atoms with E-state index in [0.717, 1.165) is 47.8 Å². The molecule has 0 radical (unpaired) electrons. The van der Waals surface area contributed by atoms with Gasteiger partial charge >= 0.3 is 24.0 Å². The minimum atomic E-state index is -1.66. The third-order valence-corrected chi connectivity index (χ3v) is 16.5. The lowest BCUT2D eigenvalue weighted by atomic mass is 10.1. The van der Waals surface area contributed by atoms with Gasteiger partial charge in [0.15, 0.2) is 0 Å². The summed E-state index contributed by atoms with van der Waals surface area (Å²) in [6.45, 7) is -3.17. The van der Waals surface area contributed by atoms with Crippen molar-refractivity contribution in [1.82, 2.24) is 63.8 Å². The van der Waals surface area contributed by atoms with Crippen molar-refractivity contribution in [3.05, 3.63) is 92.0 Å². The molecule has 2 aliphatic rings. The number of nitrogens with one attached hydrogen (secondary N) is 14. The van der Waals surface area contributed by atoms with Gasteiger partial charge in [0.1, 0.15) is 49.3 Å². The second-order valence-corrected chi connectivity index (χ2v) is 24.2. The SMILES string of the molecule is NC(=O)C[C@@H]1NC(=O)CNC(=O)c2cc([N+](=O)[O-])ccc2SCC[C@@H](C(=O)N[C@@H](CCCCNC(=O)Nc2ccc(NC(=O)NCCCC[C@H](NC(=O)C3CCSc4ccc([N+](=O)[O-])cc4C(=O)N[C@@H](CC(N)=O)C(=O)NCC(=O)N3)C(=O)NCC(=O)O)cc2)C(=O)NCC(=O)O)NC1=O. The van der Waals surface area contributed by atoms with Crippen molar-refractivity contribution in [1.29, 1.82) is 0 Å². The third-order valence-electron chi connectivity index (χ3n) is 14.3. The van der Waals surface area contributed by atoms with Crippen LogP contribution in [0.15, 0.2) is 70.5 Å². The van der Waals surface area contributed by atoms with Gasteiger partial charge in [0, 0.05) is 70.0 Å². The molecular weight excluding hydrogens is 1360 g/mol. The number of nitro benzene ring substituents is 2. The molecule has 20 N–H and O–H groups in total. The topological polar surface area (TPSA) is 620 Å². The number of amides is 16. The maximum absolute atomic E-state index is 14.0. The summed E-state index contributed by atoms with van der Waals surface area (Å²) in [7, 11) is 0. The summed E-state index contributed by atoms with van der Waals surface area (Å²) in [5.41, 5.74) is 9.79. The molecule has 0 spiro atoms. The first-order chi connectivity index (χ1) is 47.5. The second kappa shape index (κ2) is 39.5. The Balaban J connectivity index is 1.12. The van der Waals surface area contributed by atoms with Crippen molar-refractivity contribution in [3.63, 3.8) is 0 Å². The number of hydrogen-bond donors (Lipinski definition) is 18. The molecule has 100 heavy (non-hydrogen) atoms. The zero-order valence-corrected chi connectivity index (χ0v) is 54.5. The number of carboxylic acids is 2. The molecule has 0 saturated carbocycles. The Morgan fingerprint density at radius 3 is 1.39 bits per heavy atom. The minimum absolute atomic E-state index is 0.00770. The van der Waals surface area contributed by atoms with Crippen LogP contribution in [0, 0.1) is 20.2 Å². The van der Waals surface area contributed by atoms with Crippen molar-refractivity contribution in [2.45, 2.75) is 110 Å². The van der Waals surface area contributed by atoms with Gasteiger partial charge in [0.25, 0.3) is 23.2 Å². The van der Waals surface area contributed by atoms with E-state index in [1.165, 1.54) is 36.4 Å². The van der Waals surface area contributed by atoms with E-state index in [0.29, 0.717) is 0 Å². The Labute approximate surface area is 574 Å². The number of nitrogens with two attached hydrogens (primary N) is 2. The average molecular weight is 1440 g/mol. The Morgan fingerprint density at radius 2 is 0.950 bits per heavy atom. The number of rotatable bonds is 28. The number of unbranched alkanes of at least 4 members (excludes halogenated alkanes) is 2. The average Bonchev–Trinajstić information content (AvgIpc) is 0.830. The molecule has 0 aliphatic carbocycles. The van der Waals surface area contributed by atoms with Crippen LogP contribution in [0.1, 0.15) is 84.9 Å². The normalized spacial score (nSPS) is 17.4. The first kappa shape index (κ1) is 79.0. The molecule has 2 heterocycles. The molecule has 3 aromatic rings. The highest BCUT2D eigenvalue weighted by atomic mass is 32.2. The summed E-state index contributed by atoms with van der Waals surface area (Å²) in [5, 5.41) is 75.4. The van der Waals surface area contributed by atoms with Crippen LogP contribution in [0.25, 0.3) is 0 Å². The monoisotopic (exact) mass is 1440 g/mol.